The third-order valence-corrected chi connectivity index (χ3v) is 6.90. The lowest BCUT2D eigenvalue weighted by Crippen LogP contribution is -2.50. The highest BCUT2D eigenvalue weighted by Crippen LogP contribution is 2.22. The molecule has 1 N–H and O–H groups in total. The van der Waals surface area contributed by atoms with Crippen LogP contribution in [0.5, 0.6) is 0 Å². The third-order valence-electron chi connectivity index (χ3n) is 4.86. The molecule has 0 aliphatic carbocycles. The molecule has 1 saturated heterocycles. The fraction of sp³-hybridized carbons (Fsp3) is 0.350. The van der Waals surface area contributed by atoms with E-state index in [0.717, 1.165) is 23.8 Å². The van der Waals surface area contributed by atoms with E-state index in [1.807, 2.05) is 13.0 Å². The first-order chi connectivity index (χ1) is 13.7. The number of nitrogens with one attached hydrogen (secondary N) is 1. The van der Waals surface area contributed by atoms with Crippen LogP contribution in [-0.4, -0.2) is 56.3 Å². The first-order valence-corrected chi connectivity index (χ1v) is 10.7. The molecule has 0 atom stereocenters. The van der Waals surface area contributed by atoms with Crippen molar-refractivity contribution in [3.63, 3.8) is 0 Å². The quantitative estimate of drug-likeness (QED) is 0.803. The van der Waals surface area contributed by atoms with E-state index in [9.17, 15) is 22.0 Å². The fourth-order valence-corrected chi connectivity index (χ4v) is 4.97. The average Bonchev–Trinajstić information content (AvgIpc) is 2.67. The van der Waals surface area contributed by atoms with E-state index in [-0.39, 0.29) is 25.3 Å². The van der Waals surface area contributed by atoms with Gasteiger partial charge >= 0.3 is 0 Å². The number of anilines is 1. The van der Waals surface area contributed by atoms with Crippen LogP contribution in [0.1, 0.15) is 11.1 Å². The Morgan fingerprint density at radius 2 is 1.72 bits per heavy atom. The lowest BCUT2D eigenvalue weighted by Gasteiger charge is -2.33. The SMILES string of the molecule is Cc1ccc(C)c(S(=O)(=O)N2CCN(CC(=O)Nc3cc(F)ccc3F)CC2)c1. The maximum Gasteiger partial charge on any atom is 0.243 e. The molecule has 0 bridgehead atoms. The number of aryl methyl sites for hydroxylation is 2. The Balaban J connectivity index is 1.59. The maximum atomic E-state index is 13.6. The molecular formula is C20H23F2N3O3S. The number of hydrogen-bond donors (Lipinski definition) is 1. The lowest BCUT2D eigenvalue weighted by atomic mass is 10.2. The minimum Gasteiger partial charge on any atom is -0.322 e. The topological polar surface area (TPSA) is 69.7 Å². The van der Waals surface area contributed by atoms with Gasteiger partial charge in [0.25, 0.3) is 0 Å². The predicted molar refractivity (Wildman–Crippen MR) is 106 cm³/mol. The molecule has 1 heterocycles. The number of rotatable bonds is 5. The summed E-state index contributed by atoms with van der Waals surface area (Å²) in [4.78, 5) is 14.2. The number of nitrogens with zero attached hydrogens (tertiary/aromatic N) is 2. The van der Waals surface area contributed by atoms with Gasteiger partial charge in [0.15, 0.2) is 0 Å². The minimum absolute atomic E-state index is 0.0344. The monoisotopic (exact) mass is 423 g/mol. The van der Waals surface area contributed by atoms with Gasteiger partial charge in [-0.15, -0.1) is 0 Å². The molecule has 2 aromatic carbocycles. The Morgan fingerprint density at radius 3 is 2.41 bits per heavy atom. The first-order valence-electron chi connectivity index (χ1n) is 9.21. The van der Waals surface area contributed by atoms with Crippen molar-refractivity contribution in [3.8, 4) is 0 Å². The summed E-state index contributed by atoms with van der Waals surface area (Å²) >= 11 is 0. The van der Waals surface area contributed by atoms with Crippen LogP contribution in [0.15, 0.2) is 41.3 Å². The van der Waals surface area contributed by atoms with Crippen molar-refractivity contribution >= 4 is 21.6 Å². The number of amides is 1. The average molecular weight is 423 g/mol. The van der Waals surface area contributed by atoms with Crippen LogP contribution < -0.4 is 5.32 Å². The Bertz CT molecular complexity index is 1020. The number of benzene rings is 2. The van der Waals surface area contributed by atoms with Gasteiger partial charge in [0, 0.05) is 32.2 Å². The maximum absolute atomic E-state index is 13.6. The molecule has 0 unspecified atom stereocenters. The largest absolute Gasteiger partial charge is 0.322 e. The van der Waals surface area contributed by atoms with Crippen molar-refractivity contribution in [2.75, 3.05) is 38.0 Å². The highest BCUT2D eigenvalue weighted by atomic mass is 32.2. The van der Waals surface area contributed by atoms with Crippen molar-refractivity contribution in [1.29, 1.82) is 0 Å². The molecule has 0 saturated carbocycles. The normalized spacial score (nSPS) is 16.0. The molecular weight excluding hydrogens is 400 g/mol. The van der Waals surface area contributed by atoms with Crippen molar-refractivity contribution in [3.05, 3.63) is 59.2 Å². The molecule has 29 heavy (non-hydrogen) atoms. The Morgan fingerprint density at radius 1 is 1.03 bits per heavy atom. The number of carbonyl (C=O) groups excluding carboxylic acids is 1. The smallest absolute Gasteiger partial charge is 0.243 e. The van der Waals surface area contributed by atoms with Gasteiger partial charge in [0.1, 0.15) is 11.6 Å². The second-order valence-corrected chi connectivity index (χ2v) is 9.03. The second kappa shape index (κ2) is 8.56. The van der Waals surface area contributed by atoms with Crippen LogP contribution in [-0.2, 0) is 14.8 Å². The highest BCUT2D eigenvalue weighted by Gasteiger charge is 2.30. The standard InChI is InChI=1S/C20H23F2N3O3S/c1-14-3-4-15(2)19(11-14)29(27,28)25-9-7-24(8-10-25)13-20(26)23-18-12-16(21)5-6-17(18)22/h3-6,11-12H,7-10,13H2,1-2H3,(H,23,26). The summed E-state index contributed by atoms with van der Waals surface area (Å²) in [6, 6.07) is 8.16. The van der Waals surface area contributed by atoms with Crippen LogP contribution in [0.4, 0.5) is 14.5 Å². The minimum atomic E-state index is -3.61. The summed E-state index contributed by atoms with van der Waals surface area (Å²) in [6.45, 7) is 4.79. The molecule has 0 radical (unpaired) electrons. The number of carbonyl (C=O) groups is 1. The van der Waals surface area contributed by atoms with Gasteiger partial charge in [-0.3, -0.25) is 9.69 Å². The number of hydrogen-bond acceptors (Lipinski definition) is 4. The van der Waals surface area contributed by atoms with Crippen LogP contribution in [0.25, 0.3) is 0 Å². The summed E-state index contributed by atoms with van der Waals surface area (Å²) in [5.41, 5.74) is 1.34. The molecule has 2 aromatic rings. The molecule has 3 rings (SSSR count). The summed E-state index contributed by atoms with van der Waals surface area (Å²) in [7, 11) is -3.61. The summed E-state index contributed by atoms with van der Waals surface area (Å²) in [5.74, 6) is -1.85. The van der Waals surface area contributed by atoms with Crippen molar-refractivity contribution in [1.82, 2.24) is 9.21 Å². The zero-order valence-corrected chi connectivity index (χ0v) is 17.1. The number of sulfonamides is 1. The van der Waals surface area contributed by atoms with Gasteiger partial charge in [-0.2, -0.15) is 4.31 Å². The molecule has 156 valence electrons. The van der Waals surface area contributed by atoms with E-state index < -0.39 is 27.6 Å². The van der Waals surface area contributed by atoms with E-state index >= 15 is 0 Å². The third kappa shape index (κ3) is 4.98. The molecule has 1 aliphatic heterocycles. The summed E-state index contributed by atoms with van der Waals surface area (Å²) in [5, 5.41) is 2.35. The van der Waals surface area contributed by atoms with Crippen LogP contribution in [0, 0.1) is 25.5 Å². The number of piperazine rings is 1. The molecule has 1 aliphatic rings. The van der Waals surface area contributed by atoms with Crippen molar-refractivity contribution < 1.29 is 22.0 Å². The van der Waals surface area contributed by atoms with Crippen LogP contribution in [0.3, 0.4) is 0 Å². The second-order valence-electron chi connectivity index (χ2n) is 7.12. The molecule has 1 fully saturated rings. The predicted octanol–water partition coefficient (Wildman–Crippen LogP) is 2.53. The van der Waals surface area contributed by atoms with Gasteiger partial charge in [0.2, 0.25) is 15.9 Å². The summed E-state index contributed by atoms with van der Waals surface area (Å²) < 4.78 is 54.2. The van der Waals surface area contributed by atoms with Gasteiger partial charge in [0.05, 0.1) is 17.1 Å². The van der Waals surface area contributed by atoms with E-state index in [0.29, 0.717) is 23.5 Å². The lowest BCUT2D eigenvalue weighted by molar-refractivity contribution is -0.117. The zero-order chi connectivity index (χ0) is 21.2. The Labute approximate surface area is 169 Å². The number of halogens is 2. The van der Waals surface area contributed by atoms with Crippen molar-refractivity contribution in [2.45, 2.75) is 18.7 Å². The molecule has 0 spiro atoms. The Hall–Kier alpha value is -2.36. The van der Waals surface area contributed by atoms with Gasteiger partial charge < -0.3 is 5.32 Å². The zero-order valence-electron chi connectivity index (χ0n) is 16.3. The first kappa shape index (κ1) is 21.4. The van der Waals surface area contributed by atoms with E-state index in [4.69, 9.17) is 0 Å². The Kier molecular flexibility index (Phi) is 6.30. The molecule has 0 aromatic heterocycles. The van der Waals surface area contributed by atoms with Crippen molar-refractivity contribution in [2.24, 2.45) is 0 Å². The fourth-order valence-electron chi connectivity index (χ4n) is 3.24. The van der Waals surface area contributed by atoms with E-state index in [1.54, 1.807) is 24.0 Å². The van der Waals surface area contributed by atoms with E-state index in [1.165, 1.54) is 4.31 Å². The molecule has 1 amide bonds. The summed E-state index contributed by atoms with van der Waals surface area (Å²) in [6.07, 6.45) is 0. The highest BCUT2D eigenvalue weighted by molar-refractivity contribution is 7.89. The van der Waals surface area contributed by atoms with E-state index in [2.05, 4.69) is 5.32 Å². The van der Waals surface area contributed by atoms with Gasteiger partial charge in [-0.05, 0) is 43.2 Å². The molecule has 6 nitrogen and oxygen atoms in total. The van der Waals surface area contributed by atoms with Crippen LogP contribution in [0.2, 0.25) is 0 Å². The molecule has 9 heteroatoms. The van der Waals surface area contributed by atoms with Gasteiger partial charge in [-0.25, -0.2) is 17.2 Å². The van der Waals surface area contributed by atoms with Crippen LogP contribution >= 0.6 is 0 Å². The van der Waals surface area contributed by atoms with Gasteiger partial charge in [-0.1, -0.05) is 12.1 Å².